The molecular weight excluding hydrogens is 190 g/mol. The van der Waals surface area contributed by atoms with Crippen molar-refractivity contribution in [3.8, 4) is 0 Å². The maximum absolute atomic E-state index is 11.3. The van der Waals surface area contributed by atoms with Crippen LogP contribution in [0.15, 0.2) is 0 Å². The van der Waals surface area contributed by atoms with Crippen molar-refractivity contribution in [2.45, 2.75) is 26.2 Å². The van der Waals surface area contributed by atoms with Crippen LogP contribution in [0.1, 0.15) is 26.2 Å². The fourth-order valence-electron chi connectivity index (χ4n) is 2.71. The first-order valence-electron chi connectivity index (χ1n) is 6.00. The summed E-state index contributed by atoms with van der Waals surface area (Å²) in [5, 5.41) is 0. The summed E-state index contributed by atoms with van der Waals surface area (Å²) < 4.78 is 5.33. The lowest BCUT2D eigenvalue weighted by Gasteiger charge is -2.35. The molecule has 0 amide bonds. The summed E-state index contributed by atoms with van der Waals surface area (Å²) in [6, 6.07) is 0. The quantitative estimate of drug-likeness (QED) is 0.659. The molecule has 0 N–H and O–H groups in total. The van der Waals surface area contributed by atoms with Gasteiger partial charge in [-0.2, -0.15) is 0 Å². The molecule has 3 heteroatoms. The third-order valence-electron chi connectivity index (χ3n) is 3.79. The highest BCUT2D eigenvalue weighted by atomic mass is 16.5. The minimum absolute atomic E-state index is 0.109. The van der Waals surface area contributed by atoms with Gasteiger partial charge in [-0.1, -0.05) is 6.92 Å². The Morgan fingerprint density at radius 1 is 1.47 bits per heavy atom. The summed E-state index contributed by atoms with van der Waals surface area (Å²) in [5.41, 5.74) is -0.109. The van der Waals surface area contributed by atoms with Crippen molar-refractivity contribution in [2.24, 2.45) is 11.3 Å². The Morgan fingerprint density at radius 2 is 2.20 bits per heavy atom. The van der Waals surface area contributed by atoms with Gasteiger partial charge < -0.3 is 14.4 Å². The number of likely N-dealkylation sites (tertiary alicyclic amines) is 1. The molecule has 3 nitrogen and oxygen atoms in total. The highest BCUT2D eigenvalue weighted by molar-refractivity contribution is 5.60. The Labute approximate surface area is 91.8 Å². The van der Waals surface area contributed by atoms with Crippen LogP contribution in [0.4, 0.5) is 0 Å². The third kappa shape index (κ3) is 2.58. The van der Waals surface area contributed by atoms with Gasteiger partial charge in [0, 0.05) is 31.7 Å². The molecule has 2 heterocycles. The molecule has 0 bridgehead atoms. The summed E-state index contributed by atoms with van der Waals surface area (Å²) in [6.45, 7) is 7.07. The normalized spacial score (nSPS) is 31.7. The van der Waals surface area contributed by atoms with E-state index >= 15 is 0 Å². The first-order chi connectivity index (χ1) is 7.24. The summed E-state index contributed by atoms with van der Waals surface area (Å²) in [5.74, 6) is 0.800. The van der Waals surface area contributed by atoms with Crippen LogP contribution in [-0.4, -0.2) is 44.0 Å². The van der Waals surface area contributed by atoms with Gasteiger partial charge >= 0.3 is 0 Å². The van der Waals surface area contributed by atoms with Crippen LogP contribution in [-0.2, 0) is 9.53 Å². The van der Waals surface area contributed by atoms with E-state index in [1.165, 1.54) is 12.7 Å². The Balaban J connectivity index is 1.92. The van der Waals surface area contributed by atoms with Crippen LogP contribution >= 0.6 is 0 Å². The molecular formula is C12H21NO2. The van der Waals surface area contributed by atoms with Crippen molar-refractivity contribution in [1.29, 1.82) is 0 Å². The molecule has 1 unspecified atom stereocenters. The summed E-state index contributed by atoms with van der Waals surface area (Å²) in [7, 11) is 0. The maximum Gasteiger partial charge on any atom is 0.127 e. The smallest absolute Gasteiger partial charge is 0.127 e. The van der Waals surface area contributed by atoms with Gasteiger partial charge in [0.2, 0.25) is 0 Å². The first kappa shape index (κ1) is 11.1. The van der Waals surface area contributed by atoms with Crippen molar-refractivity contribution in [2.75, 3.05) is 32.8 Å². The number of carbonyl (C=O) groups excluding carboxylic acids is 1. The molecule has 0 aliphatic carbocycles. The molecule has 2 fully saturated rings. The molecule has 2 saturated heterocycles. The lowest BCUT2D eigenvalue weighted by molar-refractivity contribution is -0.122. The van der Waals surface area contributed by atoms with Crippen LogP contribution < -0.4 is 0 Å². The summed E-state index contributed by atoms with van der Waals surface area (Å²) in [4.78, 5) is 13.7. The van der Waals surface area contributed by atoms with Gasteiger partial charge in [0.05, 0.1) is 0 Å². The van der Waals surface area contributed by atoms with Gasteiger partial charge in [-0.25, -0.2) is 0 Å². The number of ether oxygens (including phenoxy) is 1. The zero-order valence-corrected chi connectivity index (χ0v) is 9.58. The Hall–Kier alpha value is -0.410. The Morgan fingerprint density at radius 3 is 2.73 bits per heavy atom. The molecule has 0 aromatic rings. The van der Waals surface area contributed by atoms with Crippen LogP contribution in [0.25, 0.3) is 0 Å². The highest BCUT2D eigenvalue weighted by Crippen LogP contribution is 2.31. The molecule has 2 aliphatic heterocycles. The number of nitrogens with zero attached hydrogens (tertiary/aromatic N) is 1. The average molecular weight is 211 g/mol. The van der Waals surface area contributed by atoms with E-state index in [9.17, 15) is 4.79 Å². The second-order valence-corrected chi connectivity index (χ2v) is 5.22. The number of hydrogen-bond donors (Lipinski definition) is 0. The fraction of sp³-hybridized carbons (Fsp3) is 0.917. The number of hydrogen-bond acceptors (Lipinski definition) is 3. The molecule has 2 rings (SSSR count). The van der Waals surface area contributed by atoms with E-state index in [4.69, 9.17) is 4.74 Å². The molecule has 0 aromatic heterocycles. The summed E-state index contributed by atoms with van der Waals surface area (Å²) >= 11 is 0. The molecule has 0 aromatic carbocycles. The standard InChI is InChI=1S/C12H21NO2/c1-11-2-5-13(8-11)9-12(10-14)3-6-15-7-4-12/h10-11H,2-9H2,1H3. The second kappa shape index (κ2) is 4.62. The van der Waals surface area contributed by atoms with E-state index < -0.39 is 0 Å². The zero-order valence-electron chi connectivity index (χ0n) is 9.58. The van der Waals surface area contributed by atoms with Crippen molar-refractivity contribution in [3.63, 3.8) is 0 Å². The van der Waals surface area contributed by atoms with Gasteiger partial charge in [0.1, 0.15) is 6.29 Å². The van der Waals surface area contributed by atoms with Gasteiger partial charge in [-0.15, -0.1) is 0 Å². The lowest BCUT2D eigenvalue weighted by Crippen LogP contribution is -2.41. The minimum Gasteiger partial charge on any atom is -0.381 e. The van der Waals surface area contributed by atoms with Crippen molar-refractivity contribution < 1.29 is 9.53 Å². The monoisotopic (exact) mass is 211 g/mol. The van der Waals surface area contributed by atoms with E-state index in [0.29, 0.717) is 0 Å². The molecule has 1 atom stereocenters. The Kier molecular flexibility index (Phi) is 3.42. The fourth-order valence-corrected chi connectivity index (χ4v) is 2.71. The Bertz CT molecular complexity index is 224. The van der Waals surface area contributed by atoms with E-state index in [2.05, 4.69) is 11.8 Å². The maximum atomic E-state index is 11.3. The van der Waals surface area contributed by atoms with Gasteiger partial charge in [0.15, 0.2) is 0 Å². The van der Waals surface area contributed by atoms with E-state index in [0.717, 1.165) is 51.6 Å². The van der Waals surface area contributed by atoms with Gasteiger partial charge in [-0.3, -0.25) is 0 Å². The third-order valence-corrected chi connectivity index (χ3v) is 3.79. The van der Waals surface area contributed by atoms with E-state index in [1.807, 2.05) is 0 Å². The molecule has 2 aliphatic rings. The van der Waals surface area contributed by atoms with Crippen LogP contribution in [0, 0.1) is 11.3 Å². The molecule has 15 heavy (non-hydrogen) atoms. The highest BCUT2D eigenvalue weighted by Gasteiger charge is 2.35. The SMILES string of the molecule is CC1CCN(CC2(C=O)CCOCC2)C1. The average Bonchev–Trinajstić information content (AvgIpc) is 2.65. The van der Waals surface area contributed by atoms with Crippen LogP contribution in [0.5, 0.6) is 0 Å². The lowest BCUT2D eigenvalue weighted by atomic mass is 9.81. The first-order valence-corrected chi connectivity index (χ1v) is 6.00. The van der Waals surface area contributed by atoms with E-state index in [1.54, 1.807) is 0 Å². The van der Waals surface area contributed by atoms with E-state index in [-0.39, 0.29) is 5.41 Å². The number of aldehydes is 1. The molecule has 86 valence electrons. The largest absolute Gasteiger partial charge is 0.381 e. The van der Waals surface area contributed by atoms with Crippen molar-refractivity contribution in [3.05, 3.63) is 0 Å². The van der Waals surface area contributed by atoms with Crippen molar-refractivity contribution >= 4 is 6.29 Å². The predicted molar refractivity (Wildman–Crippen MR) is 58.8 cm³/mol. The topological polar surface area (TPSA) is 29.5 Å². The summed E-state index contributed by atoms with van der Waals surface area (Å²) in [6.07, 6.45) is 4.27. The molecule has 0 radical (unpaired) electrons. The molecule has 0 spiro atoms. The second-order valence-electron chi connectivity index (χ2n) is 5.22. The van der Waals surface area contributed by atoms with Gasteiger partial charge in [0.25, 0.3) is 0 Å². The number of carbonyl (C=O) groups is 1. The minimum atomic E-state index is -0.109. The van der Waals surface area contributed by atoms with Gasteiger partial charge in [-0.05, 0) is 31.7 Å². The van der Waals surface area contributed by atoms with Crippen molar-refractivity contribution in [1.82, 2.24) is 4.90 Å². The van der Waals surface area contributed by atoms with Crippen LogP contribution in [0.2, 0.25) is 0 Å². The number of rotatable bonds is 3. The molecule has 0 saturated carbocycles. The predicted octanol–water partition coefficient (Wildman–Crippen LogP) is 1.32. The van der Waals surface area contributed by atoms with Crippen LogP contribution in [0.3, 0.4) is 0 Å². The zero-order chi connectivity index (χ0) is 10.7.